The second kappa shape index (κ2) is 6.68. The lowest BCUT2D eigenvalue weighted by Gasteiger charge is -2.14. The lowest BCUT2D eigenvalue weighted by Crippen LogP contribution is -2.20. The van der Waals surface area contributed by atoms with Crippen LogP contribution in [0.5, 0.6) is 0 Å². The summed E-state index contributed by atoms with van der Waals surface area (Å²) in [5.74, 6) is -0.841. The van der Waals surface area contributed by atoms with Gasteiger partial charge < -0.3 is 5.32 Å². The molecule has 10 heteroatoms. The molecule has 2 aromatic heterocycles. The molecule has 0 aliphatic heterocycles. The zero-order valence-electron chi connectivity index (χ0n) is 15.0. The minimum atomic E-state index is -3.79. The molecular formula is C17H21FN6O2S. The van der Waals surface area contributed by atoms with E-state index >= 15 is 0 Å². The first-order valence-corrected chi connectivity index (χ1v) is 10.6. The van der Waals surface area contributed by atoms with Crippen molar-refractivity contribution in [2.75, 3.05) is 5.32 Å². The van der Waals surface area contributed by atoms with Gasteiger partial charge in [-0.25, -0.2) is 18.5 Å². The topological polar surface area (TPSA) is 115 Å². The predicted octanol–water partition coefficient (Wildman–Crippen LogP) is 2.35. The van der Waals surface area contributed by atoms with Crippen LogP contribution < -0.4 is 10.5 Å². The third kappa shape index (κ3) is 3.23. The van der Waals surface area contributed by atoms with E-state index in [1.54, 1.807) is 6.92 Å². The van der Waals surface area contributed by atoms with Gasteiger partial charge in [0.15, 0.2) is 15.7 Å². The summed E-state index contributed by atoms with van der Waals surface area (Å²) in [6.45, 7) is 2.14. The van der Waals surface area contributed by atoms with Gasteiger partial charge in [-0.2, -0.15) is 5.10 Å². The predicted molar refractivity (Wildman–Crippen MR) is 98.2 cm³/mol. The summed E-state index contributed by atoms with van der Waals surface area (Å²) in [6, 6.07) is -0.859. The van der Waals surface area contributed by atoms with E-state index in [0.717, 1.165) is 67.2 Å². The van der Waals surface area contributed by atoms with Crippen LogP contribution in [0.3, 0.4) is 0 Å². The molecule has 144 valence electrons. The number of aryl methyl sites for hydroxylation is 3. The van der Waals surface area contributed by atoms with E-state index in [4.69, 9.17) is 10.1 Å². The lowest BCUT2D eigenvalue weighted by molar-refractivity contribution is 0.260. The van der Waals surface area contributed by atoms with Crippen LogP contribution in [0.25, 0.3) is 0 Å². The van der Waals surface area contributed by atoms with Crippen LogP contribution in [0.15, 0.2) is 15.6 Å². The first-order chi connectivity index (χ1) is 12.9. The van der Waals surface area contributed by atoms with Crippen LogP contribution in [0.1, 0.15) is 42.3 Å². The van der Waals surface area contributed by atoms with Crippen LogP contribution in [-0.2, 0) is 42.1 Å². The van der Waals surface area contributed by atoms with E-state index in [2.05, 4.69) is 14.8 Å². The van der Waals surface area contributed by atoms with Crippen LogP contribution in [0, 0.1) is 5.82 Å². The maximum Gasteiger partial charge on any atom is 0.354 e. The summed E-state index contributed by atoms with van der Waals surface area (Å²) in [5.41, 5.74) is 4.76. The molecule has 0 spiro atoms. The molecule has 0 fully saturated rings. The Balaban J connectivity index is 1.68. The fourth-order valence-electron chi connectivity index (χ4n) is 3.77. The van der Waals surface area contributed by atoms with Crippen molar-refractivity contribution in [2.24, 2.45) is 9.50 Å². The standard InChI is InChI=1S/C17H21FN6O2S/c1-2-24-9-12(18)16(22-24)27(19,26)23-17(25)21-15-10-5-3-7-13(10)20-14-8-4-6-11(14)15/h9H,2-8H2,1H3,(H3,19,20,21,23,25,26)/t27-/m0/s1. The summed E-state index contributed by atoms with van der Waals surface area (Å²) in [5, 5.41) is 11.7. The summed E-state index contributed by atoms with van der Waals surface area (Å²) in [6.07, 6.45) is 6.48. The molecule has 0 unspecified atom stereocenters. The highest BCUT2D eigenvalue weighted by Gasteiger charge is 2.27. The molecule has 3 N–H and O–H groups in total. The number of urea groups is 1. The number of carbonyl (C=O) groups excluding carboxylic acids is 1. The number of hydrogen-bond acceptors (Lipinski definition) is 4. The van der Waals surface area contributed by atoms with Gasteiger partial charge in [0.05, 0.1) is 11.9 Å². The molecular weight excluding hydrogens is 371 g/mol. The number of anilines is 1. The molecule has 2 heterocycles. The fourth-order valence-corrected chi connectivity index (χ4v) is 4.70. The van der Waals surface area contributed by atoms with E-state index in [1.807, 2.05) is 0 Å². The average Bonchev–Trinajstić information content (AvgIpc) is 3.32. The number of amides is 2. The molecule has 0 bridgehead atoms. The van der Waals surface area contributed by atoms with Crippen molar-refractivity contribution in [3.05, 3.63) is 34.5 Å². The number of nitrogens with one attached hydrogen (secondary N) is 1. The maximum absolute atomic E-state index is 14.0. The van der Waals surface area contributed by atoms with Crippen LogP contribution in [-0.4, -0.2) is 25.0 Å². The van der Waals surface area contributed by atoms with Gasteiger partial charge in [-0.05, 0) is 56.6 Å². The first kappa shape index (κ1) is 18.1. The minimum Gasteiger partial charge on any atom is -0.305 e. The molecule has 2 aromatic rings. The number of pyridine rings is 1. The van der Waals surface area contributed by atoms with E-state index < -0.39 is 26.8 Å². The number of nitrogens with two attached hydrogens (primary N) is 1. The maximum atomic E-state index is 14.0. The van der Waals surface area contributed by atoms with Gasteiger partial charge in [-0.3, -0.25) is 9.67 Å². The molecule has 2 amide bonds. The van der Waals surface area contributed by atoms with Crippen molar-refractivity contribution in [1.82, 2.24) is 14.8 Å². The molecule has 0 saturated heterocycles. The van der Waals surface area contributed by atoms with Gasteiger partial charge >= 0.3 is 6.03 Å². The van der Waals surface area contributed by atoms with Gasteiger partial charge in [0.2, 0.25) is 5.03 Å². The highest BCUT2D eigenvalue weighted by atomic mass is 32.2. The summed E-state index contributed by atoms with van der Waals surface area (Å²) in [4.78, 5) is 17.2. The van der Waals surface area contributed by atoms with Crippen LogP contribution in [0.4, 0.5) is 14.9 Å². The van der Waals surface area contributed by atoms with Gasteiger partial charge in [0, 0.05) is 17.9 Å². The molecule has 4 rings (SSSR count). The number of rotatable bonds is 3. The molecule has 2 aliphatic rings. The largest absolute Gasteiger partial charge is 0.354 e. The summed E-state index contributed by atoms with van der Waals surface area (Å²) < 4.78 is 31.4. The molecule has 8 nitrogen and oxygen atoms in total. The van der Waals surface area contributed by atoms with Gasteiger partial charge in [0.25, 0.3) is 0 Å². The van der Waals surface area contributed by atoms with Crippen molar-refractivity contribution in [2.45, 2.75) is 57.0 Å². The van der Waals surface area contributed by atoms with Crippen LogP contribution >= 0.6 is 0 Å². The van der Waals surface area contributed by atoms with E-state index in [9.17, 15) is 13.4 Å². The van der Waals surface area contributed by atoms with Gasteiger partial charge in [-0.1, -0.05) is 0 Å². The van der Waals surface area contributed by atoms with E-state index in [0.29, 0.717) is 12.2 Å². The molecule has 0 saturated carbocycles. The normalized spacial score (nSPS) is 17.3. The van der Waals surface area contributed by atoms with Crippen LogP contribution in [0.2, 0.25) is 0 Å². The third-order valence-corrected chi connectivity index (χ3v) is 6.26. The third-order valence-electron chi connectivity index (χ3n) is 4.99. The Morgan fingerprint density at radius 3 is 2.48 bits per heavy atom. The smallest absolute Gasteiger partial charge is 0.305 e. The number of aromatic nitrogens is 3. The van der Waals surface area contributed by atoms with Crippen molar-refractivity contribution in [3.8, 4) is 0 Å². The first-order valence-electron chi connectivity index (χ1n) is 9.01. The average molecular weight is 392 g/mol. The Morgan fingerprint density at radius 1 is 1.30 bits per heavy atom. The minimum absolute atomic E-state index is 0.383. The van der Waals surface area contributed by atoms with Crippen molar-refractivity contribution >= 4 is 21.6 Å². The molecule has 27 heavy (non-hydrogen) atoms. The van der Waals surface area contributed by atoms with Crippen molar-refractivity contribution in [3.63, 3.8) is 0 Å². The molecule has 2 aliphatic carbocycles. The highest BCUT2D eigenvalue weighted by Crippen LogP contribution is 2.36. The second-order valence-electron chi connectivity index (χ2n) is 6.77. The zero-order chi connectivity index (χ0) is 19.2. The van der Waals surface area contributed by atoms with E-state index in [1.165, 1.54) is 4.68 Å². The number of carbonyl (C=O) groups is 1. The Kier molecular flexibility index (Phi) is 4.47. The summed E-state index contributed by atoms with van der Waals surface area (Å²) >= 11 is 0. The SMILES string of the molecule is CCn1cc(F)c([S@@](N)(=O)=NC(=O)Nc2c3c(nc4c2CCC4)CCC3)n1. The monoisotopic (exact) mass is 392 g/mol. The number of nitrogens with zero attached hydrogens (tertiary/aromatic N) is 4. The van der Waals surface area contributed by atoms with Gasteiger partial charge in [-0.15, -0.1) is 4.36 Å². The summed E-state index contributed by atoms with van der Waals surface area (Å²) in [7, 11) is -3.79. The quantitative estimate of drug-likeness (QED) is 0.834. The Labute approximate surface area is 156 Å². The van der Waals surface area contributed by atoms with Crippen molar-refractivity contribution < 1.29 is 13.4 Å². The lowest BCUT2D eigenvalue weighted by atomic mass is 10.1. The number of hydrogen-bond donors (Lipinski definition) is 2. The molecule has 1 atom stereocenters. The Morgan fingerprint density at radius 2 is 1.93 bits per heavy atom. The van der Waals surface area contributed by atoms with E-state index in [-0.39, 0.29) is 0 Å². The van der Waals surface area contributed by atoms with Gasteiger partial charge in [0.1, 0.15) is 0 Å². The zero-order valence-corrected chi connectivity index (χ0v) is 15.8. The molecule has 0 radical (unpaired) electrons. The molecule has 0 aromatic carbocycles. The Bertz CT molecular complexity index is 1020. The number of fused-ring (bicyclic) bond motifs is 2. The number of halogens is 1. The highest BCUT2D eigenvalue weighted by molar-refractivity contribution is 7.91. The van der Waals surface area contributed by atoms with Crippen molar-refractivity contribution in [1.29, 1.82) is 0 Å². The Hall–Kier alpha value is -2.33. The second-order valence-corrected chi connectivity index (χ2v) is 8.48. The fraction of sp³-hybridized carbons (Fsp3) is 0.471.